The average molecular weight is 432 g/mol. The highest BCUT2D eigenvalue weighted by molar-refractivity contribution is 5.82. The number of hydrogen-bond acceptors (Lipinski definition) is 4. The molecule has 2 unspecified atom stereocenters. The number of para-hydroxylation sites is 2. The van der Waals surface area contributed by atoms with Crippen molar-refractivity contribution in [3.63, 3.8) is 0 Å². The Morgan fingerprint density at radius 1 is 0.812 bits per heavy atom. The van der Waals surface area contributed by atoms with E-state index < -0.39 is 6.10 Å². The Hall–Kier alpha value is -3.38. The van der Waals surface area contributed by atoms with Gasteiger partial charge in [0.25, 0.3) is 5.91 Å². The molecule has 2 aliphatic heterocycles. The fourth-order valence-corrected chi connectivity index (χ4v) is 4.44. The van der Waals surface area contributed by atoms with Gasteiger partial charge in [0, 0.05) is 26.2 Å². The van der Waals surface area contributed by atoms with Crippen LogP contribution in [0.3, 0.4) is 0 Å². The van der Waals surface area contributed by atoms with Crippen LogP contribution in [-0.4, -0.2) is 54.6 Å². The number of piperazine rings is 1. The quantitative estimate of drug-likeness (QED) is 0.627. The van der Waals surface area contributed by atoms with Crippen molar-refractivity contribution in [2.75, 3.05) is 32.8 Å². The zero-order chi connectivity index (χ0) is 21.9. The molecule has 0 radical (unpaired) electrons. The van der Waals surface area contributed by atoms with Crippen molar-refractivity contribution in [3.8, 4) is 11.5 Å². The number of halogens is 1. The number of carbonyl (C=O) groups excluding carboxylic acids is 1. The first-order valence-electron chi connectivity index (χ1n) is 10.9. The molecule has 2 atom stereocenters. The van der Waals surface area contributed by atoms with Crippen LogP contribution in [-0.2, 0) is 4.79 Å². The van der Waals surface area contributed by atoms with Crippen LogP contribution in [0.2, 0.25) is 0 Å². The molecule has 1 fully saturated rings. The number of hydrogen-bond donors (Lipinski definition) is 0. The molecule has 0 spiro atoms. The maximum Gasteiger partial charge on any atom is 0.267 e. The minimum Gasteiger partial charge on any atom is -0.485 e. The van der Waals surface area contributed by atoms with Crippen molar-refractivity contribution >= 4 is 5.91 Å². The number of carbonyl (C=O) groups is 1. The van der Waals surface area contributed by atoms with Gasteiger partial charge < -0.3 is 14.4 Å². The number of amides is 1. The molecule has 32 heavy (non-hydrogen) atoms. The third-order valence-corrected chi connectivity index (χ3v) is 6.08. The van der Waals surface area contributed by atoms with Gasteiger partial charge in [0.15, 0.2) is 11.5 Å². The molecule has 6 heteroatoms. The van der Waals surface area contributed by atoms with Crippen LogP contribution in [0, 0.1) is 5.82 Å². The lowest BCUT2D eigenvalue weighted by molar-refractivity contribution is -0.143. The van der Waals surface area contributed by atoms with Gasteiger partial charge in [0.1, 0.15) is 12.4 Å². The molecule has 0 aromatic heterocycles. The molecule has 2 heterocycles. The van der Waals surface area contributed by atoms with Crippen LogP contribution in [0.4, 0.5) is 4.39 Å². The largest absolute Gasteiger partial charge is 0.485 e. The van der Waals surface area contributed by atoms with Gasteiger partial charge >= 0.3 is 0 Å². The molecule has 0 aliphatic carbocycles. The minimum absolute atomic E-state index is 0.00944. The second-order valence-corrected chi connectivity index (χ2v) is 8.09. The van der Waals surface area contributed by atoms with E-state index in [0.29, 0.717) is 37.7 Å². The Balaban J connectivity index is 1.28. The summed E-state index contributed by atoms with van der Waals surface area (Å²) >= 11 is 0. The van der Waals surface area contributed by atoms with Gasteiger partial charge in [-0.05, 0) is 35.4 Å². The number of fused-ring (bicyclic) bond motifs is 1. The highest BCUT2D eigenvalue weighted by Crippen LogP contribution is 2.32. The van der Waals surface area contributed by atoms with Gasteiger partial charge in [-0.15, -0.1) is 0 Å². The first-order chi connectivity index (χ1) is 15.7. The van der Waals surface area contributed by atoms with Crippen molar-refractivity contribution in [2.24, 2.45) is 0 Å². The summed E-state index contributed by atoms with van der Waals surface area (Å²) in [6.07, 6.45) is -0.626. The highest BCUT2D eigenvalue weighted by atomic mass is 19.1. The molecule has 0 N–H and O–H groups in total. The summed E-state index contributed by atoms with van der Waals surface area (Å²) < 4.78 is 25.1. The molecule has 3 aromatic rings. The number of ether oxygens (including phenoxy) is 2. The van der Waals surface area contributed by atoms with Crippen molar-refractivity contribution in [2.45, 2.75) is 12.1 Å². The topological polar surface area (TPSA) is 42.0 Å². The molecule has 3 aromatic carbocycles. The summed E-state index contributed by atoms with van der Waals surface area (Å²) in [5.74, 6) is 0.993. The van der Waals surface area contributed by atoms with Crippen LogP contribution >= 0.6 is 0 Å². The van der Waals surface area contributed by atoms with Crippen molar-refractivity contribution in [3.05, 3.63) is 95.8 Å². The van der Waals surface area contributed by atoms with E-state index in [1.165, 1.54) is 12.1 Å². The van der Waals surface area contributed by atoms with Gasteiger partial charge in [-0.25, -0.2) is 4.39 Å². The Morgan fingerprint density at radius 2 is 1.44 bits per heavy atom. The van der Waals surface area contributed by atoms with Gasteiger partial charge in [0.2, 0.25) is 6.10 Å². The van der Waals surface area contributed by atoms with E-state index in [2.05, 4.69) is 17.0 Å². The highest BCUT2D eigenvalue weighted by Gasteiger charge is 2.34. The van der Waals surface area contributed by atoms with E-state index in [4.69, 9.17) is 9.47 Å². The van der Waals surface area contributed by atoms with Crippen molar-refractivity contribution in [1.82, 2.24) is 9.80 Å². The Kier molecular flexibility index (Phi) is 5.77. The SMILES string of the molecule is O=C(C1COc2ccccc2O1)N1CCN(C(c2ccccc2)c2ccc(F)cc2)CC1. The summed E-state index contributed by atoms with van der Waals surface area (Å²) in [6, 6.07) is 24.3. The molecule has 0 saturated carbocycles. The van der Waals surface area contributed by atoms with E-state index >= 15 is 0 Å². The summed E-state index contributed by atoms with van der Waals surface area (Å²) in [5.41, 5.74) is 2.19. The summed E-state index contributed by atoms with van der Waals surface area (Å²) in [4.78, 5) is 17.3. The predicted octanol–water partition coefficient (Wildman–Crippen LogP) is 3.90. The monoisotopic (exact) mass is 432 g/mol. The Bertz CT molecular complexity index is 1070. The maximum atomic E-state index is 13.5. The number of benzene rings is 3. The van der Waals surface area contributed by atoms with E-state index in [-0.39, 0.29) is 24.4 Å². The predicted molar refractivity (Wildman–Crippen MR) is 119 cm³/mol. The van der Waals surface area contributed by atoms with Gasteiger partial charge in [-0.1, -0.05) is 54.6 Å². The second kappa shape index (κ2) is 9.01. The molecule has 0 bridgehead atoms. The van der Waals surface area contributed by atoms with Gasteiger partial charge in [-0.2, -0.15) is 0 Å². The molecule has 164 valence electrons. The fraction of sp³-hybridized carbons (Fsp3) is 0.269. The van der Waals surface area contributed by atoms with Crippen LogP contribution in [0.25, 0.3) is 0 Å². The zero-order valence-corrected chi connectivity index (χ0v) is 17.7. The van der Waals surface area contributed by atoms with Gasteiger partial charge in [0.05, 0.1) is 6.04 Å². The first-order valence-corrected chi connectivity index (χ1v) is 10.9. The lowest BCUT2D eigenvalue weighted by Crippen LogP contribution is -2.54. The standard InChI is InChI=1S/C26H25FN2O3/c27-21-12-10-20(11-13-21)25(19-6-2-1-3-7-19)28-14-16-29(17-15-28)26(30)24-18-31-22-8-4-5-9-23(22)32-24/h1-13,24-25H,14-18H2. The van der Waals surface area contributed by atoms with E-state index in [9.17, 15) is 9.18 Å². The normalized spacial score (nSPS) is 19.4. The molecule has 1 amide bonds. The van der Waals surface area contributed by atoms with Crippen LogP contribution in [0.1, 0.15) is 17.2 Å². The Morgan fingerprint density at radius 3 is 2.16 bits per heavy atom. The van der Waals surface area contributed by atoms with Gasteiger partial charge in [-0.3, -0.25) is 9.69 Å². The molecular weight excluding hydrogens is 407 g/mol. The summed E-state index contributed by atoms with van der Waals surface area (Å²) in [7, 11) is 0. The molecule has 1 saturated heterocycles. The molecule has 2 aliphatic rings. The fourth-order valence-electron chi connectivity index (χ4n) is 4.44. The zero-order valence-electron chi connectivity index (χ0n) is 17.7. The van der Waals surface area contributed by atoms with Crippen molar-refractivity contribution < 1.29 is 18.7 Å². The molecular formula is C26H25FN2O3. The maximum absolute atomic E-state index is 13.5. The first kappa shape index (κ1) is 20.5. The van der Waals surface area contributed by atoms with E-state index in [1.807, 2.05) is 59.5 Å². The lowest BCUT2D eigenvalue weighted by atomic mass is 9.96. The average Bonchev–Trinajstić information content (AvgIpc) is 2.86. The smallest absolute Gasteiger partial charge is 0.267 e. The number of nitrogens with zero attached hydrogens (tertiary/aromatic N) is 2. The minimum atomic E-state index is -0.626. The van der Waals surface area contributed by atoms with Crippen LogP contribution in [0.5, 0.6) is 11.5 Å². The Labute approximate surface area is 187 Å². The van der Waals surface area contributed by atoms with Crippen molar-refractivity contribution in [1.29, 1.82) is 0 Å². The molecule has 5 rings (SSSR count). The summed E-state index contributed by atoms with van der Waals surface area (Å²) in [6.45, 7) is 2.85. The third kappa shape index (κ3) is 4.18. The lowest BCUT2D eigenvalue weighted by Gasteiger charge is -2.41. The number of rotatable bonds is 4. The van der Waals surface area contributed by atoms with Crippen LogP contribution < -0.4 is 9.47 Å². The third-order valence-electron chi connectivity index (χ3n) is 6.08. The summed E-state index contributed by atoms with van der Waals surface area (Å²) in [5, 5.41) is 0. The van der Waals surface area contributed by atoms with Crippen LogP contribution in [0.15, 0.2) is 78.9 Å². The second-order valence-electron chi connectivity index (χ2n) is 8.09. The van der Waals surface area contributed by atoms with E-state index in [1.54, 1.807) is 0 Å². The molecule has 5 nitrogen and oxygen atoms in total. The van der Waals surface area contributed by atoms with E-state index in [0.717, 1.165) is 11.1 Å².